The van der Waals surface area contributed by atoms with Crippen LogP contribution in [0.2, 0.25) is 0 Å². The Morgan fingerprint density at radius 1 is 1.28 bits per heavy atom. The van der Waals surface area contributed by atoms with E-state index in [0.29, 0.717) is 12.3 Å². The molecular formula is C14H24N2O2. The summed E-state index contributed by atoms with van der Waals surface area (Å²) >= 11 is 0. The first-order chi connectivity index (χ1) is 8.09. The molecule has 2 N–H and O–H groups in total. The second kappa shape index (κ2) is 4.90. The van der Waals surface area contributed by atoms with E-state index in [4.69, 9.17) is 5.73 Å². The summed E-state index contributed by atoms with van der Waals surface area (Å²) in [5.74, 6) is 0.957. The Bertz CT molecular complexity index is 348. The number of primary amides is 1. The van der Waals surface area contributed by atoms with Crippen LogP contribution in [0.25, 0.3) is 0 Å². The number of rotatable bonds is 3. The van der Waals surface area contributed by atoms with Gasteiger partial charge in [0, 0.05) is 14.1 Å². The van der Waals surface area contributed by atoms with Crippen LogP contribution in [0.15, 0.2) is 0 Å². The highest BCUT2D eigenvalue weighted by Crippen LogP contribution is 2.55. The van der Waals surface area contributed by atoms with Gasteiger partial charge in [0.1, 0.15) is 0 Å². The molecule has 18 heavy (non-hydrogen) atoms. The summed E-state index contributed by atoms with van der Waals surface area (Å²) in [6.07, 6.45) is 0.646. The van der Waals surface area contributed by atoms with E-state index >= 15 is 0 Å². The van der Waals surface area contributed by atoms with Gasteiger partial charge >= 0.3 is 0 Å². The van der Waals surface area contributed by atoms with Gasteiger partial charge in [-0.25, -0.2) is 0 Å². The molecule has 4 nitrogen and oxygen atoms in total. The molecular weight excluding hydrogens is 228 g/mol. The van der Waals surface area contributed by atoms with E-state index in [-0.39, 0.29) is 17.2 Å². The number of nitrogens with zero attached hydrogens (tertiary/aromatic N) is 1. The quantitative estimate of drug-likeness (QED) is 0.825. The number of hydrogen-bond donors (Lipinski definition) is 1. The van der Waals surface area contributed by atoms with Crippen molar-refractivity contribution in [2.24, 2.45) is 23.0 Å². The third-order valence-corrected chi connectivity index (χ3v) is 3.77. The number of carbonyl (C=O) groups excluding carboxylic acids is 2. The molecule has 1 rings (SSSR count). The Morgan fingerprint density at radius 2 is 1.78 bits per heavy atom. The highest BCUT2D eigenvalue weighted by molar-refractivity contribution is 5.98. The zero-order valence-electron chi connectivity index (χ0n) is 12.2. The third kappa shape index (κ3) is 2.52. The molecule has 4 heteroatoms. The molecule has 2 unspecified atom stereocenters. The van der Waals surface area contributed by atoms with Crippen LogP contribution in [-0.4, -0.2) is 30.8 Å². The molecule has 0 aromatic carbocycles. The van der Waals surface area contributed by atoms with Crippen LogP contribution in [0.3, 0.4) is 0 Å². The molecule has 1 saturated carbocycles. The van der Waals surface area contributed by atoms with Crippen molar-refractivity contribution < 1.29 is 9.59 Å². The first kappa shape index (κ1) is 15.0. The van der Waals surface area contributed by atoms with E-state index in [1.54, 1.807) is 14.1 Å². The van der Waals surface area contributed by atoms with Gasteiger partial charge in [0.05, 0.1) is 11.8 Å². The second-order valence-corrected chi connectivity index (χ2v) is 6.31. The van der Waals surface area contributed by atoms with Crippen molar-refractivity contribution in [2.45, 2.75) is 34.1 Å². The molecule has 1 fully saturated rings. The summed E-state index contributed by atoms with van der Waals surface area (Å²) in [5.41, 5.74) is 5.37. The third-order valence-electron chi connectivity index (χ3n) is 3.77. The molecule has 2 atom stereocenters. The van der Waals surface area contributed by atoms with Crippen molar-refractivity contribution in [3.05, 3.63) is 11.8 Å². The Labute approximate surface area is 110 Å². The molecule has 1 aliphatic carbocycles. The lowest BCUT2D eigenvalue weighted by molar-refractivity contribution is -0.131. The molecule has 0 spiro atoms. The maximum absolute atomic E-state index is 12.3. The molecule has 0 heterocycles. The molecule has 2 amide bonds. The Kier molecular flexibility index (Phi) is 4.08. The SMILES string of the molecule is C[C](C)C1[C](C(=O)N(C)C)C(C(N)=O)CC1(C)C. The predicted octanol–water partition coefficient (Wildman–Crippen LogP) is 1.41. The summed E-state index contributed by atoms with van der Waals surface area (Å²) in [6.45, 7) is 8.21. The number of amides is 2. The number of carbonyl (C=O) groups is 2. The summed E-state index contributed by atoms with van der Waals surface area (Å²) in [4.78, 5) is 25.5. The summed E-state index contributed by atoms with van der Waals surface area (Å²) in [7, 11) is 3.42. The first-order valence-corrected chi connectivity index (χ1v) is 6.27. The second-order valence-electron chi connectivity index (χ2n) is 6.31. The Balaban J connectivity index is 3.19. The zero-order chi connectivity index (χ0) is 14.2. The van der Waals surface area contributed by atoms with Crippen molar-refractivity contribution in [3.8, 4) is 0 Å². The van der Waals surface area contributed by atoms with Gasteiger partial charge in [-0.2, -0.15) is 0 Å². The maximum atomic E-state index is 12.3. The fourth-order valence-electron chi connectivity index (χ4n) is 3.25. The Morgan fingerprint density at radius 3 is 2.11 bits per heavy atom. The maximum Gasteiger partial charge on any atom is 0.230 e. The summed E-state index contributed by atoms with van der Waals surface area (Å²) in [6, 6.07) is 0. The van der Waals surface area contributed by atoms with Crippen molar-refractivity contribution in [2.75, 3.05) is 14.1 Å². The minimum atomic E-state index is -0.435. The van der Waals surface area contributed by atoms with Crippen molar-refractivity contribution in [3.63, 3.8) is 0 Å². The van der Waals surface area contributed by atoms with E-state index in [0.717, 1.165) is 5.92 Å². The van der Waals surface area contributed by atoms with Gasteiger partial charge in [0.25, 0.3) is 0 Å². The molecule has 0 saturated heterocycles. The van der Waals surface area contributed by atoms with Gasteiger partial charge in [-0.3, -0.25) is 9.59 Å². The molecule has 0 aliphatic heterocycles. The van der Waals surface area contributed by atoms with Crippen LogP contribution in [0.1, 0.15) is 34.1 Å². The molecule has 0 aromatic rings. The van der Waals surface area contributed by atoms with Crippen LogP contribution in [0, 0.1) is 29.1 Å². The van der Waals surface area contributed by atoms with E-state index < -0.39 is 11.8 Å². The standard InChI is InChI=1S/C14H24N2O2/c1-8(2)11-10(13(18)16(5)6)9(12(15)17)7-14(11,3)4/h9,11H,7H2,1-6H3,(H2,15,17). The van der Waals surface area contributed by atoms with E-state index in [2.05, 4.69) is 13.8 Å². The van der Waals surface area contributed by atoms with Gasteiger partial charge in [-0.15, -0.1) is 0 Å². The van der Waals surface area contributed by atoms with Crippen molar-refractivity contribution in [1.82, 2.24) is 4.90 Å². The smallest absolute Gasteiger partial charge is 0.230 e. The molecule has 0 bridgehead atoms. The summed E-state index contributed by atoms with van der Waals surface area (Å²) < 4.78 is 0. The van der Waals surface area contributed by atoms with Gasteiger partial charge in [0.15, 0.2) is 0 Å². The summed E-state index contributed by atoms with van der Waals surface area (Å²) in [5, 5.41) is 0. The highest BCUT2D eigenvalue weighted by atomic mass is 16.2. The van der Waals surface area contributed by atoms with Gasteiger partial charge in [0.2, 0.25) is 11.8 Å². The lowest BCUT2D eigenvalue weighted by atomic mass is 9.72. The van der Waals surface area contributed by atoms with Crippen LogP contribution in [0.5, 0.6) is 0 Å². The number of hydrogen-bond acceptors (Lipinski definition) is 2. The predicted molar refractivity (Wildman–Crippen MR) is 71.1 cm³/mol. The van der Waals surface area contributed by atoms with E-state index in [1.165, 1.54) is 4.90 Å². The van der Waals surface area contributed by atoms with Gasteiger partial charge < -0.3 is 10.6 Å². The zero-order valence-corrected chi connectivity index (χ0v) is 12.2. The Hall–Kier alpha value is -1.06. The normalized spacial score (nSPS) is 27.5. The number of nitrogens with two attached hydrogens (primary N) is 1. The fourth-order valence-corrected chi connectivity index (χ4v) is 3.25. The fraction of sp³-hybridized carbons (Fsp3) is 0.714. The lowest BCUT2D eigenvalue weighted by Crippen LogP contribution is -2.39. The first-order valence-electron chi connectivity index (χ1n) is 6.27. The lowest BCUT2D eigenvalue weighted by Gasteiger charge is -2.33. The minimum absolute atomic E-state index is 0.0323. The average molecular weight is 252 g/mol. The molecule has 1 aliphatic rings. The monoisotopic (exact) mass is 252 g/mol. The molecule has 102 valence electrons. The van der Waals surface area contributed by atoms with Crippen LogP contribution in [-0.2, 0) is 9.59 Å². The van der Waals surface area contributed by atoms with E-state index in [9.17, 15) is 9.59 Å². The van der Waals surface area contributed by atoms with Crippen molar-refractivity contribution in [1.29, 1.82) is 0 Å². The molecule has 2 radical (unpaired) electrons. The van der Waals surface area contributed by atoms with Crippen LogP contribution >= 0.6 is 0 Å². The van der Waals surface area contributed by atoms with Crippen molar-refractivity contribution >= 4 is 11.8 Å². The highest BCUT2D eigenvalue weighted by Gasteiger charge is 2.55. The van der Waals surface area contributed by atoms with Gasteiger partial charge in [-0.1, -0.05) is 27.7 Å². The van der Waals surface area contributed by atoms with Crippen LogP contribution < -0.4 is 5.73 Å². The topological polar surface area (TPSA) is 63.4 Å². The average Bonchev–Trinajstić information content (AvgIpc) is 2.48. The van der Waals surface area contributed by atoms with Crippen LogP contribution in [0.4, 0.5) is 0 Å². The van der Waals surface area contributed by atoms with E-state index in [1.807, 2.05) is 13.8 Å². The largest absolute Gasteiger partial charge is 0.369 e. The molecule has 0 aromatic heterocycles. The van der Waals surface area contributed by atoms with Gasteiger partial charge in [-0.05, 0) is 23.7 Å². The minimum Gasteiger partial charge on any atom is -0.369 e.